The fourth-order valence-corrected chi connectivity index (χ4v) is 14.5. The van der Waals surface area contributed by atoms with Crippen molar-refractivity contribution in [2.45, 2.75) is 90.2 Å². The van der Waals surface area contributed by atoms with Crippen LogP contribution in [0.15, 0.2) is 55.9 Å². The first-order valence-corrected chi connectivity index (χ1v) is 26.8. The van der Waals surface area contributed by atoms with E-state index in [2.05, 4.69) is 26.9 Å². The number of piperazine rings is 2. The molecule has 23 heteroatoms. The van der Waals surface area contributed by atoms with Gasteiger partial charge in [-0.2, -0.15) is 0 Å². The summed E-state index contributed by atoms with van der Waals surface area (Å²) in [6, 6.07) is -0.333. The van der Waals surface area contributed by atoms with Gasteiger partial charge in [-0.1, -0.05) is 28.6 Å². The molecular weight excluding hydrogens is 1010 g/mol. The van der Waals surface area contributed by atoms with Gasteiger partial charge in [0, 0.05) is 104 Å². The molecule has 4 bridgehead atoms. The lowest BCUT2D eigenvalue weighted by molar-refractivity contribution is -0.790. The van der Waals surface area contributed by atoms with Crippen LogP contribution in [-0.4, -0.2) is 177 Å². The molecule has 5 aliphatic carbocycles. The maximum atomic E-state index is 15.9. The molecule has 0 radical (unpaired) electrons. The van der Waals surface area contributed by atoms with Crippen LogP contribution >= 0.6 is 0 Å². The summed E-state index contributed by atoms with van der Waals surface area (Å²) in [4.78, 5) is 112. The van der Waals surface area contributed by atoms with Crippen LogP contribution in [0, 0.1) is 41.2 Å². The first-order valence-electron chi connectivity index (χ1n) is 26.8. The van der Waals surface area contributed by atoms with Gasteiger partial charge in [-0.25, -0.2) is 23.4 Å². The zero-order chi connectivity index (χ0) is 55.0. The van der Waals surface area contributed by atoms with Gasteiger partial charge in [-0.3, -0.25) is 33.6 Å². The summed E-state index contributed by atoms with van der Waals surface area (Å²) in [7, 11) is 0. The van der Waals surface area contributed by atoms with Gasteiger partial charge in [0.15, 0.2) is 18.2 Å². The van der Waals surface area contributed by atoms with Crippen molar-refractivity contribution in [1.82, 2.24) is 59.4 Å². The number of carbonyl (C=O) groups excluding carboxylic acids is 7. The van der Waals surface area contributed by atoms with Gasteiger partial charge in [0.2, 0.25) is 18.2 Å². The predicted molar refractivity (Wildman–Crippen MR) is 273 cm³/mol. The number of likely N-dealkylation sites (tertiary alicyclic amines) is 1. The standard InChI is InChI=1S/C55H62F2N13O8/c1-5-38(45(72)50(75)65-15-13-64(14-16-65)49(74)37-7-6-11-63(28-37)32-71)43-34(3)47(58-26-40(43)56)70-22-21-68(62-70)35(4)53-23-36-24-54(29-53,31-55(78,25-36)30-53)52(77)67-19-17-66(18-20-67)51(76)46(73)39-9-8-33(2)42-44(39)41(57)27-59-48(42)69-12-10-60-61-69/h5,9-10,12,21-22,26-27,32,35-37,78H,2,6-8,11,13-20,23-25,28-31H2,1,3-4H3/q+1. The average molecular weight is 1070 g/mol. The van der Waals surface area contributed by atoms with Crippen LogP contribution in [0.2, 0.25) is 0 Å². The van der Waals surface area contributed by atoms with Crippen LogP contribution in [0.4, 0.5) is 8.78 Å². The average Bonchev–Trinajstić information content (AvgIpc) is 4.05. The summed E-state index contributed by atoms with van der Waals surface area (Å²) in [5, 5.41) is 25.0. The smallest absolute Gasteiger partial charge is 0.295 e. The zero-order valence-corrected chi connectivity index (χ0v) is 43.9. The first kappa shape index (κ1) is 52.4. The fraction of sp³-hybridized carbons (Fsp3) is 0.509. The van der Waals surface area contributed by atoms with Crippen molar-refractivity contribution in [3.8, 4) is 11.6 Å². The minimum absolute atomic E-state index is 0.0518. The molecule has 8 aliphatic rings. The molecule has 5 amide bonds. The number of halogens is 2. The summed E-state index contributed by atoms with van der Waals surface area (Å²) in [5.41, 5.74) is -1.91. The van der Waals surface area contributed by atoms with Gasteiger partial charge >= 0.3 is 0 Å². The third-order valence-electron chi connectivity index (χ3n) is 17.8. The molecule has 7 heterocycles. The Balaban J connectivity index is 0.757. The maximum Gasteiger partial charge on any atom is 0.295 e. The number of aromatic nitrogens is 8. The number of piperidine rings is 1. The summed E-state index contributed by atoms with van der Waals surface area (Å²) in [5.74, 6) is -4.97. The largest absolute Gasteiger partial charge is 0.390 e. The molecule has 6 unspecified atom stereocenters. The third-order valence-corrected chi connectivity index (χ3v) is 17.8. The summed E-state index contributed by atoms with van der Waals surface area (Å²) >= 11 is 0. The summed E-state index contributed by atoms with van der Waals surface area (Å²) < 4.78 is 36.1. The number of allylic oxidation sites excluding steroid dienone is 3. The van der Waals surface area contributed by atoms with Crippen LogP contribution in [0.3, 0.4) is 0 Å². The van der Waals surface area contributed by atoms with Crippen LogP contribution in [0.5, 0.6) is 0 Å². The first-order chi connectivity index (χ1) is 37.4. The van der Waals surface area contributed by atoms with Crippen LogP contribution in [0.25, 0.3) is 28.4 Å². The van der Waals surface area contributed by atoms with E-state index in [1.54, 1.807) is 45.6 Å². The molecule has 0 spiro atoms. The molecule has 408 valence electrons. The lowest BCUT2D eigenvalue weighted by Crippen LogP contribution is -2.68. The molecule has 4 saturated carbocycles. The molecule has 7 fully saturated rings. The van der Waals surface area contributed by atoms with Crippen molar-refractivity contribution >= 4 is 58.3 Å². The Bertz CT molecular complexity index is 3250. The second kappa shape index (κ2) is 20.0. The van der Waals surface area contributed by atoms with E-state index < -0.39 is 51.4 Å². The third kappa shape index (κ3) is 8.92. The second-order valence-electron chi connectivity index (χ2n) is 22.5. The molecule has 0 aromatic carbocycles. The van der Waals surface area contributed by atoms with Crippen molar-refractivity contribution in [2.75, 3.05) is 65.4 Å². The molecule has 6 atom stereocenters. The Morgan fingerprint density at radius 3 is 2.22 bits per heavy atom. The lowest BCUT2D eigenvalue weighted by Gasteiger charge is -2.65. The fourth-order valence-electron chi connectivity index (χ4n) is 14.5. The number of pyridine rings is 2. The Morgan fingerprint density at radius 1 is 0.833 bits per heavy atom. The highest BCUT2D eigenvalue weighted by Gasteiger charge is 2.68. The quantitative estimate of drug-likeness (QED) is 0.0932. The minimum Gasteiger partial charge on any atom is -0.390 e. The Hall–Kier alpha value is -7.69. The highest BCUT2D eigenvalue weighted by Crippen LogP contribution is 2.69. The van der Waals surface area contributed by atoms with Crippen molar-refractivity contribution < 1.29 is 52.1 Å². The van der Waals surface area contributed by atoms with Gasteiger partial charge in [0.25, 0.3) is 29.2 Å². The summed E-state index contributed by atoms with van der Waals surface area (Å²) in [6.45, 7) is 11.4. The molecule has 4 aromatic heterocycles. The van der Waals surface area contributed by atoms with Crippen molar-refractivity contribution in [3.05, 3.63) is 89.8 Å². The van der Waals surface area contributed by atoms with Crippen molar-refractivity contribution in [1.29, 1.82) is 0 Å². The summed E-state index contributed by atoms with van der Waals surface area (Å²) in [6.07, 6.45) is 16.8. The van der Waals surface area contributed by atoms with E-state index in [1.165, 1.54) is 43.7 Å². The number of ketones is 2. The molecule has 1 N–H and O–H groups in total. The Kier molecular flexibility index (Phi) is 13.4. The highest BCUT2D eigenvalue weighted by molar-refractivity contribution is 6.54. The van der Waals surface area contributed by atoms with E-state index in [1.807, 2.05) is 6.92 Å². The SMILES string of the molecule is C=C1CC=C(C(=O)C(=O)N2CCN(C(=O)C34CC5CC(O)(C3)CC(C(C)[n+]3ccn(-c6ncc(F)c(C(=CC)C(=O)C(=O)N7CCN(C(=O)C8CCCN(C=O)C8)CC7)c6C)n3)(C5)C4)CC2)c2c(F)cnc(-n3ccnn3)c21. The van der Waals surface area contributed by atoms with Gasteiger partial charge in [0.05, 0.1) is 46.9 Å². The molecule has 3 aliphatic heterocycles. The number of carbonyl (C=O) groups is 7. The number of nitrogens with zero attached hydrogens (tertiary/aromatic N) is 13. The molecular formula is C55H62F2N13O8+. The molecule has 21 nitrogen and oxygen atoms in total. The minimum atomic E-state index is -1.11. The van der Waals surface area contributed by atoms with E-state index in [0.717, 1.165) is 31.6 Å². The molecule has 3 saturated heterocycles. The van der Waals surface area contributed by atoms with E-state index in [4.69, 9.17) is 5.21 Å². The van der Waals surface area contributed by atoms with Crippen molar-refractivity contribution in [2.24, 2.45) is 22.7 Å². The molecule has 78 heavy (non-hydrogen) atoms. The van der Waals surface area contributed by atoms with Gasteiger partial charge < -0.3 is 29.6 Å². The number of Topliss-reactive ketones (excluding diaryl/α,β-unsaturated/α-hetero) is 2. The number of aliphatic hydroxyl groups is 1. The lowest BCUT2D eigenvalue weighted by atomic mass is 9.41. The van der Waals surface area contributed by atoms with E-state index in [0.29, 0.717) is 57.2 Å². The van der Waals surface area contributed by atoms with E-state index >= 15 is 8.78 Å². The number of hydrogen-bond donors (Lipinski definition) is 1. The Labute approximate surface area is 448 Å². The van der Waals surface area contributed by atoms with E-state index in [9.17, 15) is 38.7 Å². The van der Waals surface area contributed by atoms with Crippen LogP contribution in [-0.2, 0) is 33.6 Å². The highest BCUT2D eigenvalue weighted by atomic mass is 19.1. The van der Waals surface area contributed by atoms with Crippen LogP contribution in [0.1, 0.15) is 99.9 Å². The molecule has 4 aromatic rings. The zero-order valence-electron chi connectivity index (χ0n) is 43.9. The van der Waals surface area contributed by atoms with Gasteiger partial charge in [-0.15, -0.1) is 9.78 Å². The predicted octanol–water partition coefficient (Wildman–Crippen LogP) is 2.63. The maximum absolute atomic E-state index is 15.9. The van der Waals surface area contributed by atoms with Crippen molar-refractivity contribution in [3.63, 3.8) is 0 Å². The van der Waals surface area contributed by atoms with E-state index in [-0.39, 0.29) is 134 Å². The number of rotatable bonds is 12. The second-order valence-corrected chi connectivity index (χ2v) is 22.5. The van der Waals surface area contributed by atoms with Gasteiger partial charge in [-0.05, 0) is 90.0 Å². The normalized spacial score (nSPS) is 26.4. The topological polar surface area (TPSA) is 234 Å². The van der Waals surface area contributed by atoms with Crippen LogP contribution < -0.4 is 4.68 Å². The number of fused-ring (bicyclic) bond motifs is 1. The number of hydrogen-bond acceptors (Lipinski definition) is 13. The Morgan fingerprint density at radius 2 is 1.53 bits per heavy atom. The van der Waals surface area contributed by atoms with Gasteiger partial charge in [0.1, 0.15) is 17.7 Å². The molecule has 12 rings (SSSR count). The number of amides is 5. The monoisotopic (exact) mass is 1070 g/mol.